The molecule has 2 rings (SSSR count). The molecule has 1 fully saturated rings. The molecule has 0 bridgehead atoms. The van der Waals surface area contributed by atoms with E-state index in [9.17, 15) is 0 Å². The number of allylic oxidation sites excluding steroid dienone is 1. The van der Waals surface area contributed by atoms with Crippen molar-refractivity contribution in [3.63, 3.8) is 0 Å². The van der Waals surface area contributed by atoms with Crippen molar-refractivity contribution in [1.29, 1.82) is 0 Å². The van der Waals surface area contributed by atoms with Gasteiger partial charge in [-0.3, -0.25) is 4.68 Å². The number of nitrogens with zero attached hydrogens (tertiary/aromatic N) is 2. The molecule has 14 heavy (non-hydrogen) atoms. The van der Waals surface area contributed by atoms with Crippen molar-refractivity contribution in [3.8, 4) is 0 Å². The van der Waals surface area contributed by atoms with E-state index in [1.807, 2.05) is 17.0 Å². The van der Waals surface area contributed by atoms with Gasteiger partial charge in [0.15, 0.2) is 0 Å². The molecule has 1 aliphatic heterocycles. The van der Waals surface area contributed by atoms with E-state index in [0.29, 0.717) is 6.04 Å². The van der Waals surface area contributed by atoms with Gasteiger partial charge in [0.2, 0.25) is 0 Å². The first-order valence-corrected chi connectivity index (χ1v) is 5.24. The maximum Gasteiger partial charge on any atom is 0.0587 e. The molecule has 1 N–H and O–H groups in total. The van der Waals surface area contributed by atoms with Crippen molar-refractivity contribution in [1.82, 2.24) is 15.1 Å². The van der Waals surface area contributed by atoms with Crippen LogP contribution in [0.4, 0.5) is 0 Å². The van der Waals surface area contributed by atoms with Crippen LogP contribution in [-0.2, 0) is 13.0 Å². The minimum atomic E-state index is 0.663. The van der Waals surface area contributed by atoms with Gasteiger partial charge in [0, 0.05) is 12.2 Å². The quantitative estimate of drug-likeness (QED) is 0.728. The number of hydrogen-bond acceptors (Lipinski definition) is 2. The number of rotatable bonds is 4. The zero-order chi connectivity index (χ0) is 9.80. The van der Waals surface area contributed by atoms with Crippen LogP contribution in [0.1, 0.15) is 18.4 Å². The van der Waals surface area contributed by atoms with Gasteiger partial charge >= 0.3 is 0 Å². The highest BCUT2D eigenvalue weighted by atomic mass is 15.3. The van der Waals surface area contributed by atoms with Gasteiger partial charge in [-0.25, -0.2) is 0 Å². The van der Waals surface area contributed by atoms with Crippen molar-refractivity contribution in [2.24, 2.45) is 0 Å². The lowest BCUT2D eigenvalue weighted by molar-refractivity contribution is 0.602. The smallest absolute Gasteiger partial charge is 0.0587 e. The second-order valence-corrected chi connectivity index (χ2v) is 3.86. The molecular weight excluding hydrogens is 174 g/mol. The Morgan fingerprint density at radius 3 is 3.36 bits per heavy atom. The fraction of sp³-hybridized carbons (Fsp3) is 0.545. The van der Waals surface area contributed by atoms with Gasteiger partial charge < -0.3 is 5.32 Å². The number of nitrogens with one attached hydrogen (secondary N) is 1. The van der Waals surface area contributed by atoms with E-state index in [2.05, 4.69) is 23.2 Å². The van der Waals surface area contributed by atoms with E-state index < -0.39 is 0 Å². The van der Waals surface area contributed by atoms with Crippen LogP contribution in [0.2, 0.25) is 0 Å². The SMILES string of the molecule is C=CCn1cc(CC2CCCN2)cn1. The fourth-order valence-corrected chi connectivity index (χ4v) is 1.96. The standard InChI is InChI=1S/C11H17N3/c1-2-6-14-9-10(8-13-14)7-11-4-3-5-12-11/h2,8-9,11-12H,1,3-7H2. The van der Waals surface area contributed by atoms with E-state index >= 15 is 0 Å². The molecule has 3 heteroatoms. The molecule has 1 atom stereocenters. The van der Waals surface area contributed by atoms with E-state index in [0.717, 1.165) is 13.0 Å². The van der Waals surface area contributed by atoms with Crippen LogP contribution < -0.4 is 5.32 Å². The van der Waals surface area contributed by atoms with Crippen LogP contribution in [0.3, 0.4) is 0 Å². The second kappa shape index (κ2) is 4.42. The lowest BCUT2D eigenvalue weighted by atomic mass is 10.1. The monoisotopic (exact) mass is 191 g/mol. The summed E-state index contributed by atoms with van der Waals surface area (Å²) in [5, 5.41) is 7.75. The fourth-order valence-electron chi connectivity index (χ4n) is 1.96. The Kier molecular flexibility index (Phi) is 2.99. The highest BCUT2D eigenvalue weighted by Crippen LogP contribution is 2.11. The summed E-state index contributed by atoms with van der Waals surface area (Å²) in [6.45, 7) is 5.67. The topological polar surface area (TPSA) is 29.9 Å². The van der Waals surface area contributed by atoms with Gasteiger partial charge in [0.1, 0.15) is 0 Å². The maximum absolute atomic E-state index is 4.27. The molecule has 1 aromatic heterocycles. The molecule has 1 aliphatic rings. The summed E-state index contributed by atoms with van der Waals surface area (Å²) in [5.74, 6) is 0. The zero-order valence-electron chi connectivity index (χ0n) is 8.45. The summed E-state index contributed by atoms with van der Waals surface area (Å²) in [7, 11) is 0. The molecule has 3 nitrogen and oxygen atoms in total. The second-order valence-electron chi connectivity index (χ2n) is 3.86. The van der Waals surface area contributed by atoms with Crippen LogP contribution in [0.5, 0.6) is 0 Å². The molecule has 1 aromatic rings. The molecule has 0 aliphatic carbocycles. The molecular formula is C11H17N3. The summed E-state index contributed by atoms with van der Waals surface area (Å²) in [6.07, 6.45) is 9.66. The Bertz CT molecular complexity index is 297. The van der Waals surface area contributed by atoms with Crippen LogP contribution in [0, 0.1) is 0 Å². The Labute approximate surface area is 84.8 Å². The lowest BCUT2D eigenvalue weighted by Gasteiger charge is -2.06. The minimum Gasteiger partial charge on any atom is -0.314 e. The van der Waals surface area contributed by atoms with Gasteiger partial charge in [-0.15, -0.1) is 6.58 Å². The van der Waals surface area contributed by atoms with E-state index in [4.69, 9.17) is 0 Å². The summed E-state index contributed by atoms with van der Waals surface area (Å²) in [4.78, 5) is 0. The van der Waals surface area contributed by atoms with Crippen molar-refractivity contribution >= 4 is 0 Å². The third-order valence-electron chi connectivity index (χ3n) is 2.65. The highest BCUT2D eigenvalue weighted by molar-refractivity contribution is 5.07. The van der Waals surface area contributed by atoms with Gasteiger partial charge in [-0.05, 0) is 31.4 Å². The average molecular weight is 191 g/mol. The van der Waals surface area contributed by atoms with Crippen LogP contribution in [-0.4, -0.2) is 22.4 Å². The van der Waals surface area contributed by atoms with Crippen molar-refractivity contribution in [2.75, 3.05) is 6.54 Å². The van der Waals surface area contributed by atoms with Gasteiger partial charge in [-0.2, -0.15) is 5.10 Å². The van der Waals surface area contributed by atoms with Crippen LogP contribution in [0.15, 0.2) is 25.0 Å². The first-order chi connectivity index (χ1) is 6.88. The van der Waals surface area contributed by atoms with Crippen molar-refractivity contribution in [3.05, 3.63) is 30.6 Å². The molecule has 1 saturated heterocycles. The summed E-state index contributed by atoms with van der Waals surface area (Å²) in [5.41, 5.74) is 1.33. The van der Waals surface area contributed by atoms with E-state index in [1.54, 1.807) is 0 Å². The maximum atomic E-state index is 4.27. The largest absolute Gasteiger partial charge is 0.314 e. The lowest BCUT2D eigenvalue weighted by Crippen LogP contribution is -2.23. The van der Waals surface area contributed by atoms with E-state index in [-0.39, 0.29) is 0 Å². The molecule has 0 spiro atoms. The van der Waals surface area contributed by atoms with Gasteiger partial charge in [0.05, 0.1) is 12.7 Å². The Hall–Kier alpha value is -1.09. The van der Waals surface area contributed by atoms with Gasteiger partial charge in [0.25, 0.3) is 0 Å². The zero-order valence-corrected chi connectivity index (χ0v) is 8.45. The molecule has 0 amide bonds. The average Bonchev–Trinajstić information content (AvgIpc) is 2.79. The highest BCUT2D eigenvalue weighted by Gasteiger charge is 2.14. The Morgan fingerprint density at radius 2 is 2.64 bits per heavy atom. The summed E-state index contributed by atoms with van der Waals surface area (Å²) >= 11 is 0. The number of aromatic nitrogens is 2. The molecule has 76 valence electrons. The molecule has 1 unspecified atom stereocenters. The van der Waals surface area contributed by atoms with Crippen LogP contribution in [0.25, 0.3) is 0 Å². The third kappa shape index (κ3) is 2.23. The predicted octanol–water partition coefficient (Wildman–Crippen LogP) is 1.36. The first-order valence-electron chi connectivity index (χ1n) is 5.24. The predicted molar refractivity (Wildman–Crippen MR) is 57.2 cm³/mol. The van der Waals surface area contributed by atoms with Gasteiger partial charge in [-0.1, -0.05) is 6.08 Å². The Morgan fingerprint density at radius 1 is 1.71 bits per heavy atom. The van der Waals surface area contributed by atoms with E-state index in [1.165, 1.54) is 24.9 Å². The molecule has 0 saturated carbocycles. The van der Waals surface area contributed by atoms with Crippen molar-refractivity contribution in [2.45, 2.75) is 31.8 Å². The minimum absolute atomic E-state index is 0.663. The molecule has 0 radical (unpaired) electrons. The summed E-state index contributed by atoms with van der Waals surface area (Å²) in [6, 6.07) is 0.663. The summed E-state index contributed by atoms with van der Waals surface area (Å²) < 4.78 is 1.93. The third-order valence-corrected chi connectivity index (χ3v) is 2.65. The van der Waals surface area contributed by atoms with Crippen molar-refractivity contribution < 1.29 is 0 Å². The number of hydrogen-bond donors (Lipinski definition) is 1. The molecule has 2 heterocycles. The normalized spacial score (nSPS) is 21.3. The van der Waals surface area contributed by atoms with Crippen LogP contribution >= 0.6 is 0 Å². The Balaban J connectivity index is 1.91. The molecule has 0 aromatic carbocycles. The first kappa shape index (κ1) is 9.46.